The minimum Gasteiger partial charge on any atom is -0.320 e. The molecule has 0 radical (unpaired) electrons. The zero-order chi connectivity index (χ0) is 22.8. The second-order valence-electron chi connectivity index (χ2n) is 6.81. The molecule has 32 heavy (non-hydrogen) atoms. The van der Waals surface area contributed by atoms with Gasteiger partial charge >= 0.3 is 5.69 Å². The molecule has 0 atom stereocenters. The van der Waals surface area contributed by atoms with Crippen LogP contribution in [0.15, 0.2) is 69.8 Å². The number of anilines is 1. The molecule has 0 saturated carbocycles. The smallest absolute Gasteiger partial charge is 0.320 e. The summed E-state index contributed by atoms with van der Waals surface area (Å²) in [6.45, 7) is 1.76. The number of hydrogen-bond acceptors (Lipinski definition) is 7. The molecular formula is C20H17N7O4S. The number of H-pyrrole nitrogens is 1. The van der Waals surface area contributed by atoms with Gasteiger partial charge in [0.2, 0.25) is 0 Å². The van der Waals surface area contributed by atoms with Crippen LogP contribution in [0.2, 0.25) is 0 Å². The molecule has 0 saturated heterocycles. The normalized spacial score (nSPS) is 10.8. The fraction of sp³-hybridized carbons (Fsp3) is 0.100. The van der Waals surface area contributed by atoms with Gasteiger partial charge in [0.1, 0.15) is 6.33 Å². The lowest BCUT2D eigenvalue weighted by molar-refractivity contribution is -0.387. The molecule has 4 rings (SSSR count). The average molecular weight is 451 g/mol. The molecule has 12 heteroatoms. The van der Waals surface area contributed by atoms with Crippen LogP contribution in [-0.2, 0) is 7.05 Å². The van der Waals surface area contributed by atoms with Crippen molar-refractivity contribution in [1.29, 1.82) is 0 Å². The van der Waals surface area contributed by atoms with Crippen LogP contribution in [0.3, 0.4) is 0 Å². The van der Waals surface area contributed by atoms with Crippen LogP contribution < -0.4 is 11.0 Å². The second-order valence-corrected chi connectivity index (χ2v) is 7.82. The highest BCUT2D eigenvalue weighted by molar-refractivity contribution is 7.99. The standard InChI is InChI=1S/C20H17N7O4S/c1-12-10-21-19(29)26(12)15-6-4-3-5-14(15)23-18(28)13-7-8-17(16(9-13)27(30)31)32-20-24-22-11-25(20)2/h3-11H,1-2H3,(H,21,29)(H,23,28). The monoisotopic (exact) mass is 451 g/mol. The Bertz CT molecular complexity index is 1390. The summed E-state index contributed by atoms with van der Waals surface area (Å²) < 4.78 is 3.07. The summed E-state index contributed by atoms with van der Waals surface area (Å²) in [5.74, 6) is -0.544. The van der Waals surface area contributed by atoms with Crippen molar-refractivity contribution >= 4 is 29.0 Å². The number of aromatic nitrogens is 5. The van der Waals surface area contributed by atoms with E-state index >= 15 is 0 Å². The van der Waals surface area contributed by atoms with Gasteiger partial charge in [0.05, 0.1) is 21.2 Å². The number of rotatable bonds is 6. The Morgan fingerprint density at radius 1 is 1.25 bits per heavy atom. The minimum absolute atomic E-state index is 0.104. The van der Waals surface area contributed by atoms with E-state index in [0.29, 0.717) is 27.1 Å². The summed E-state index contributed by atoms with van der Waals surface area (Å²) in [6.07, 6.45) is 3.06. The molecule has 4 aromatic rings. The largest absolute Gasteiger partial charge is 0.330 e. The Balaban J connectivity index is 1.65. The molecule has 1 amide bonds. The fourth-order valence-electron chi connectivity index (χ4n) is 3.07. The average Bonchev–Trinajstić information content (AvgIpc) is 3.33. The van der Waals surface area contributed by atoms with E-state index in [1.165, 1.54) is 29.1 Å². The molecule has 162 valence electrons. The molecule has 2 N–H and O–H groups in total. The second kappa shape index (κ2) is 8.51. The number of benzene rings is 2. The number of nitro benzene ring substituents is 1. The number of imidazole rings is 1. The molecule has 0 aliphatic carbocycles. The van der Waals surface area contributed by atoms with Crippen molar-refractivity contribution in [2.75, 3.05) is 5.32 Å². The SMILES string of the molecule is Cc1c[nH]c(=O)n1-c1ccccc1NC(=O)c1ccc(Sc2nncn2C)c([N+](=O)[O-])c1. The minimum atomic E-state index is -0.549. The Kier molecular flexibility index (Phi) is 5.60. The summed E-state index contributed by atoms with van der Waals surface area (Å²) in [5.41, 5.74) is 1.07. The highest BCUT2D eigenvalue weighted by Crippen LogP contribution is 2.34. The van der Waals surface area contributed by atoms with Gasteiger partial charge in [-0.15, -0.1) is 10.2 Å². The van der Waals surface area contributed by atoms with E-state index in [4.69, 9.17) is 0 Å². The van der Waals surface area contributed by atoms with E-state index in [1.54, 1.807) is 49.0 Å². The first kappa shape index (κ1) is 21.1. The van der Waals surface area contributed by atoms with Gasteiger partial charge in [0.15, 0.2) is 5.16 Å². The highest BCUT2D eigenvalue weighted by Gasteiger charge is 2.21. The molecule has 2 heterocycles. The van der Waals surface area contributed by atoms with Crippen molar-refractivity contribution in [3.05, 3.63) is 86.8 Å². The van der Waals surface area contributed by atoms with Gasteiger partial charge in [-0.25, -0.2) is 4.79 Å². The number of carbonyl (C=O) groups is 1. The first-order valence-electron chi connectivity index (χ1n) is 9.33. The van der Waals surface area contributed by atoms with Crippen LogP contribution in [0.25, 0.3) is 5.69 Å². The van der Waals surface area contributed by atoms with Crippen LogP contribution in [-0.4, -0.2) is 35.1 Å². The number of para-hydroxylation sites is 2. The Labute approximate surface area is 185 Å². The van der Waals surface area contributed by atoms with Gasteiger partial charge in [-0.2, -0.15) is 0 Å². The lowest BCUT2D eigenvalue weighted by Gasteiger charge is -2.13. The number of nitrogens with zero attached hydrogens (tertiary/aromatic N) is 5. The fourth-order valence-corrected chi connectivity index (χ4v) is 3.92. The maximum absolute atomic E-state index is 12.9. The molecule has 2 aromatic carbocycles. The Morgan fingerprint density at radius 2 is 2.03 bits per heavy atom. The molecule has 0 fully saturated rings. The number of nitrogens with one attached hydrogen (secondary N) is 2. The lowest BCUT2D eigenvalue weighted by atomic mass is 10.1. The van der Waals surface area contributed by atoms with Crippen LogP contribution in [0.1, 0.15) is 16.1 Å². The van der Waals surface area contributed by atoms with Crippen molar-refractivity contribution < 1.29 is 9.72 Å². The zero-order valence-electron chi connectivity index (χ0n) is 17.0. The van der Waals surface area contributed by atoms with E-state index < -0.39 is 10.8 Å². The first-order chi connectivity index (χ1) is 15.3. The number of aromatic amines is 1. The number of carbonyl (C=O) groups excluding carboxylic acids is 1. The lowest BCUT2D eigenvalue weighted by Crippen LogP contribution is -2.19. The van der Waals surface area contributed by atoms with E-state index in [-0.39, 0.29) is 16.9 Å². The van der Waals surface area contributed by atoms with Crippen molar-refractivity contribution in [3.63, 3.8) is 0 Å². The third-order valence-electron chi connectivity index (χ3n) is 4.64. The molecule has 0 aliphatic rings. The number of nitro groups is 1. The topological polar surface area (TPSA) is 141 Å². The molecule has 0 bridgehead atoms. The molecule has 0 spiro atoms. The van der Waals surface area contributed by atoms with Gasteiger partial charge in [0, 0.05) is 30.6 Å². The summed E-state index contributed by atoms with van der Waals surface area (Å²) in [4.78, 5) is 39.1. The Hall–Kier alpha value is -4.19. The van der Waals surface area contributed by atoms with E-state index in [0.717, 1.165) is 11.8 Å². The van der Waals surface area contributed by atoms with Crippen molar-refractivity contribution in [3.8, 4) is 5.69 Å². The van der Waals surface area contributed by atoms with E-state index in [2.05, 4.69) is 20.5 Å². The number of hydrogen-bond donors (Lipinski definition) is 2. The van der Waals surface area contributed by atoms with Gasteiger partial charge in [-0.3, -0.25) is 19.5 Å². The summed E-state index contributed by atoms with van der Waals surface area (Å²) in [5, 5.41) is 22.5. The zero-order valence-corrected chi connectivity index (χ0v) is 17.8. The van der Waals surface area contributed by atoms with Crippen LogP contribution >= 0.6 is 11.8 Å². The maximum atomic E-state index is 12.9. The van der Waals surface area contributed by atoms with Gasteiger partial charge in [-0.1, -0.05) is 12.1 Å². The van der Waals surface area contributed by atoms with Crippen LogP contribution in [0.5, 0.6) is 0 Å². The van der Waals surface area contributed by atoms with E-state index in [9.17, 15) is 19.7 Å². The predicted octanol–water partition coefficient (Wildman–Crippen LogP) is 2.91. The molecule has 2 aromatic heterocycles. The van der Waals surface area contributed by atoms with Gasteiger partial charge in [-0.05, 0) is 43.0 Å². The maximum Gasteiger partial charge on any atom is 0.330 e. The molecular weight excluding hydrogens is 434 g/mol. The van der Waals surface area contributed by atoms with Crippen LogP contribution in [0, 0.1) is 17.0 Å². The van der Waals surface area contributed by atoms with E-state index in [1.807, 2.05) is 0 Å². The third-order valence-corrected chi connectivity index (χ3v) is 5.76. The number of amides is 1. The summed E-state index contributed by atoms with van der Waals surface area (Å²) in [6, 6.07) is 11.0. The van der Waals surface area contributed by atoms with Crippen LogP contribution in [0.4, 0.5) is 11.4 Å². The van der Waals surface area contributed by atoms with Crippen molar-refractivity contribution in [1.82, 2.24) is 24.3 Å². The summed E-state index contributed by atoms with van der Waals surface area (Å²) in [7, 11) is 1.73. The van der Waals surface area contributed by atoms with Crippen molar-refractivity contribution in [2.45, 2.75) is 17.0 Å². The summed E-state index contributed by atoms with van der Waals surface area (Å²) >= 11 is 1.08. The first-order valence-corrected chi connectivity index (χ1v) is 10.1. The quantitative estimate of drug-likeness (QED) is 0.339. The predicted molar refractivity (Wildman–Crippen MR) is 117 cm³/mol. The third kappa shape index (κ3) is 4.03. The van der Waals surface area contributed by atoms with Gasteiger partial charge in [0.25, 0.3) is 11.6 Å². The molecule has 0 aliphatic heterocycles. The highest BCUT2D eigenvalue weighted by atomic mass is 32.2. The van der Waals surface area contributed by atoms with Crippen molar-refractivity contribution in [2.24, 2.45) is 7.05 Å². The molecule has 0 unspecified atom stereocenters. The number of aryl methyl sites for hydroxylation is 2. The molecule has 11 nitrogen and oxygen atoms in total. The van der Waals surface area contributed by atoms with Gasteiger partial charge < -0.3 is 14.9 Å². The Morgan fingerprint density at radius 3 is 2.69 bits per heavy atom.